The van der Waals surface area contributed by atoms with Crippen LogP contribution in [0.2, 0.25) is 0 Å². The number of benzene rings is 1. The second-order valence-corrected chi connectivity index (χ2v) is 6.17. The summed E-state index contributed by atoms with van der Waals surface area (Å²) in [5.41, 5.74) is 7.20. The predicted octanol–water partition coefficient (Wildman–Crippen LogP) is 2.14. The molecule has 2 N–H and O–H groups in total. The summed E-state index contributed by atoms with van der Waals surface area (Å²) in [6, 6.07) is 6.72. The van der Waals surface area contributed by atoms with E-state index in [9.17, 15) is 0 Å². The Morgan fingerprint density at radius 1 is 1.40 bits per heavy atom. The Kier molecular flexibility index (Phi) is 5.57. The number of hydrogen-bond acceptors (Lipinski definition) is 5. The topological polar surface area (TPSA) is 47.7 Å². The maximum absolute atomic E-state index is 6.06. The standard InChI is InChI=1S/C15H24N2O2S/c1-11-10-20-7-6-17(11)14(9-16)13-5-4-12(18-2)8-15(13)19-3/h4-5,8,11,14H,6-7,9-10,16H2,1-3H3. The molecule has 0 radical (unpaired) electrons. The molecule has 1 aliphatic heterocycles. The van der Waals surface area contributed by atoms with E-state index in [1.165, 1.54) is 5.75 Å². The minimum atomic E-state index is 0.201. The fraction of sp³-hybridized carbons (Fsp3) is 0.600. The molecule has 0 bridgehead atoms. The second-order valence-electron chi connectivity index (χ2n) is 5.02. The molecule has 2 unspecified atom stereocenters. The number of hydrogen-bond donors (Lipinski definition) is 1. The van der Waals surface area contributed by atoms with Crippen molar-refractivity contribution in [2.45, 2.75) is 19.0 Å². The van der Waals surface area contributed by atoms with Crippen molar-refractivity contribution in [1.82, 2.24) is 4.90 Å². The minimum absolute atomic E-state index is 0.201. The van der Waals surface area contributed by atoms with Gasteiger partial charge in [-0.1, -0.05) is 6.07 Å². The zero-order chi connectivity index (χ0) is 14.5. The molecule has 1 aliphatic rings. The van der Waals surface area contributed by atoms with Crippen molar-refractivity contribution in [3.8, 4) is 11.5 Å². The van der Waals surface area contributed by atoms with Crippen LogP contribution in [0, 0.1) is 0 Å². The van der Waals surface area contributed by atoms with Gasteiger partial charge < -0.3 is 15.2 Å². The van der Waals surface area contributed by atoms with Crippen LogP contribution in [0.3, 0.4) is 0 Å². The highest BCUT2D eigenvalue weighted by molar-refractivity contribution is 7.99. The number of nitrogens with two attached hydrogens (primary N) is 1. The average Bonchev–Trinajstić information content (AvgIpc) is 2.50. The lowest BCUT2D eigenvalue weighted by molar-refractivity contribution is 0.163. The zero-order valence-corrected chi connectivity index (χ0v) is 13.3. The van der Waals surface area contributed by atoms with E-state index < -0.39 is 0 Å². The quantitative estimate of drug-likeness (QED) is 0.902. The van der Waals surface area contributed by atoms with Crippen LogP contribution in [0.1, 0.15) is 18.5 Å². The molecule has 0 aliphatic carbocycles. The predicted molar refractivity (Wildman–Crippen MR) is 84.8 cm³/mol. The van der Waals surface area contributed by atoms with Gasteiger partial charge in [0.05, 0.1) is 20.3 Å². The highest BCUT2D eigenvalue weighted by Gasteiger charge is 2.28. The molecule has 0 aromatic heterocycles. The molecule has 112 valence electrons. The van der Waals surface area contributed by atoms with Crippen molar-refractivity contribution in [3.63, 3.8) is 0 Å². The lowest BCUT2D eigenvalue weighted by Crippen LogP contribution is -2.45. The van der Waals surface area contributed by atoms with E-state index in [-0.39, 0.29) is 6.04 Å². The molecular weight excluding hydrogens is 272 g/mol. The van der Waals surface area contributed by atoms with Gasteiger partial charge in [0.15, 0.2) is 0 Å². The van der Waals surface area contributed by atoms with E-state index in [1.54, 1.807) is 14.2 Å². The van der Waals surface area contributed by atoms with E-state index in [0.29, 0.717) is 12.6 Å². The van der Waals surface area contributed by atoms with Crippen LogP contribution in [0.25, 0.3) is 0 Å². The van der Waals surface area contributed by atoms with Crippen molar-refractivity contribution in [1.29, 1.82) is 0 Å². The van der Waals surface area contributed by atoms with Crippen LogP contribution in [-0.4, -0.2) is 49.8 Å². The van der Waals surface area contributed by atoms with E-state index in [1.807, 2.05) is 23.9 Å². The molecular formula is C15H24N2O2S. The van der Waals surface area contributed by atoms with Crippen LogP contribution in [0.5, 0.6) is 11.5 Å². The van der Waals surface area contributed by atoms with E-state index >= 15 is 0 Å². The number of ether oxygens (including phenoxy) is 2. The summed E-state index contributed by atoms with van der Waals surface area (Å²) in [5, 5.41) is 0. The van der Waals surface area contributed by atoms with Gasteiger partial charge in [0.2, 0.25) is 0 Å². The van der Waals surface area contributed by atoms with Gasteiger partial charge in [0.1, 0.15) is 11.5 Å². The molecule has 4 nitrogen and oxygen atoms in total. The van der Waals surface area contributed by atoms with Crippen LogP contribution < -0.4 is 15.2 Å². The maximum atomic E-state index is 6.06. The van der Waals surface area contributed by atoms with Crippen molar-refractivity contribution in [3.05, 3.63) is 23.8 Å². The smallest absolute Gasteiger partial charge is 0.127 e. The zero-order valence-electron chi connectivity index (χ0n) is 12.5. The van der Waals surface area contributed by atoms with Crippen molar-refractivity contribution < 1.29 is 9.47 Å². The summed E-state index contributed by atoms with van der Waals surface area (Å²) in [4.78, 5) is 2.49. The van der Waals surface area contributed by atoms with Crippen molar-refractivity contribution in [2.75, 3.05) is 38.8 Å². The third-order valence-electron chi connectivity index (χ3n) is 3.84. The Bertz CT molecular complexity index is 442. The summed E-state index contributed by atoms with van der Waals surface area (Å²) >= 11 is 2.01. The lowest BCUT2D eigenvalue weighted by atomic mass is 10.0. The first-order valence-corrected chi connectivity index (χ1v) is 8.12. The summed E-state index contributed by atoms with van der Waals surface area (Å²) in [6.07, 6.45) is 0. The molecule has 2 rings (SSSR count). The third-order valence-corrected chi connectivity index (χ3v) is 5.03. The molecule has 1 fully saturated rings. The van der Waals surface area contributed by atoms with Crippen LogP contribution in [0.15, 0.2) is 18.2 Å². The van der Waals surface area contributed by atoms with Gasteiger partial charge in [-0.05, 0) is 13.0 Å². The van der Waals surface area contributed by atoms with Gasteiger partial charge >= 0.3 is 0 Å². The molecule has 1 aromatic carbocycles. The third kappa shape index (κ3) is 3.22. The summed E-state index contributed by atoms with van der Waals surface area (Å²) in [6.45, 7) is 3.94. The fourth-order valence-corrected chi connectivity index (χ4v) is 3.78. The molecule has 0 amide bonds. The van der Waals surface area contributed by atoms with Gasteiger partial charge in [-0.3, -0.25) is 4.90 Å². The largest absolute Gasteiger partial charge is 0.497 e. The molecule has 0 spiro atoms. The number of thioether (sulfide) groups is 1. The first kappa shape index (κ1) is 15.5. The molecule has 20 heavy (non-hydrogen) atoms. The van der Waals surface area contributed by atoms with E-state index in [2.05, 4.69) is 17.9 Å². The van der Waals surface area contributed by atoms with Crippen LogP contribution in [0.4, 0.5) is 0 Å². The average molecular weight is 296 g/mol. The Labute approximate surface area is 125 Å². The summed E-state index contributed by atoms with van der Waals surface area (Å²) in [5.74, 6) is 3.99. The lowest BCUT2D eigenvalue weighted by Gasteiger charge is -2.39. The van der Waals surface area contributed by atoms with Gasteiger partial charge in [-0.15, -0.1) is 0 Å². The summed E-state index contributed by atoms with van der Waals surface area (Å²) in [7, 11) is 3.36. The molecule has 1 heterocycles. The molecule has 0 saturated carbocycles. The van der Waals surface area contributed by atoms with E-state index in [4.69, 9.17) is 15.2 Å². The molecule has 1 aromatic rings. The van der Waals surface area contributed by atoms with Crippen molar-refractivity contribution >= 4 is 11.8 Å². The SMILES string of the molecule is COc1ccc(C(CN)N2CCSCC2C)c(OC)c1. The first-order valence-electron chi connectivity index (χ1n) is 6.96. The second kappa shape index (κ2) is 7.20. The first-order chi connectivity index (χ1) is 9.71. The summed E-state index contributed by atoms with van der Waals surface area (Å²) < 4.78 is 10.8. The molecule has 5 heteroatoms. The Morgan fingerprint density at radius 3 is 2.80 bits per heavy atom. The van der Waals surface area contributed by atoms with E-state index in [0.717, 1.165) is 29.4 Å². The Morgan fingerprint density at radius 2 is 2.20 bits per heavy atom. The highest BCUT2D eigenvalue weighted by Crippen LogP contribution is 2.34. The Balaban J connectivity index is 2.30. The normalized spacial score (nSPS) is 21.5. The Hall–Kier alpha value is -0.910. The highest BCUT2D eigenvalue weighted by atomic mass is 32.2. The fourth-order valence-electron chi connectivity index (χ4n) is 2.74. The van der Waals surface area contributed by atoms with Crippen LogP contribution in [-0.2, 0) is 0 Å². The number of nitrogens with zero attached hydrogens (tertiary/aromatic N) is 1. The van der Waals surface area contributed by atoms with Crippen molar-refractivity contribution in [2.24, 2.45) is 5.73 Å². The monoisotopic (exact) mass is 296 g/mol. The maximum Gasteiger partial charge on any atom is 0.127 e. The van der Waals surface area contributed by atoms with Crippen LogP contribution >= 0.6 is 11.8 Å². The molecule has 1 saturated heterocycles. The van der Waals surface area contributed by atoms with Gasteiger partial charge in [0, 0.05) is 42.3 Å². The minimum Gasteiger partial charge on any atom is -0.497 e. The number of methoxy groups -OCH3 is 2. The van der Waals surface area contributed by atoms with Gasteiger partial charge in [0.25, 0.3) is 0 Å². The molecule has 2 atom stereocenters. The number of rotatable bonds is 5. The van der Waals surface area contributed by atoms with Gasteiger partial charge in [-0.25, -0.2) is 0 Å². The van der Waals surface area contributed by atoms with Gasteiger partial charge in [-0.2, -0.15) is 11.8 Å².